The van der Waals surface area contributed by atoms with Gasteiger partial charge in [0.1, 0.15) is 18.2 Å². The number of carboxylic acids is 1. The van der Waals surface area contributed by atoms with Crippen LogP contribution in [0, 0.1) is 6.92 Å². The SMILES string of the molecule is Cc1nccn1CCOc1ccc(C(=O)O)c(N)c1. The predicted octanol–water partition coefficient (Wildman–Crippen LogP) is 1.55. The number of carbonyl (C=O) groups is 1. The molecule has 0 spiro atoms. The molecule has 0 amide bonds. The molecule has 0 atom stereocenters. The van der Waals surface area contributed by atoms with Crippen molar-refractivity contribution in [3.63, 3.8) is 0 Å². The lowest BCUT2D eigenvalue weighted by molar-refractivity contribution is 0.0698. The largest absolute Gasteiger partial charge is 0.492 e. The van der Waals surface area contributed by atoms with E-state index in [9.17, 15) is 4.79 Å². The van der Waals surface area contributed by atoms with Crippen molar-refractivity contribution in [3.8, 4) is 5.75 Å². The second-order valence-corrected chi connectivity index (χ2v) is 4.07. The Morgan fingerprint density at radius 1 is 1.53 bits per heavy atom. The maximum Gasteiger partial charge on any atom is 0.337 e. The summed E-state index contributed by atoms with van der Waals surface area (Å²) in [7, 11) is 0. The topological polar surface area (TPSA) is 90.4 Å². The van der Waals surface area contributed by atoms with E-state index in [2.05, 4.69) is 4.98 Å². The van der Waals surface area contributed by atoms with Crippen LogP contribution in [0.1, 0.15) is 16.2 Å². The van der Waals surface area contributed by atoms with Crippen molar-refractivity contribution >= 4 is 11.7 Å². The Hall–Kier alpha value is -2.50. The van der Waals surface area contributed by atoms with Gasteiger partial charge in [0.05, 0.1) is 12.1 Å². The number of aromatic carboxylic acids is 1. The van der Waals surface area contributed by atoms with E-state index in [-0.39, 0.29) is 11.3 Å². The highest BCUT2D eigenvalue weighted by molar-refractivity contribution is 5.93. The molecule has 0 saturated carbocycles. The average molecular weight is 261 g/mol. The first kappa shape index (κ1) is 12.9. The monoisotopic (exact) mass is 261 g/mol. The number of nitrogens with zero attached hydrogens (tertiary/aromatic N) is 2. The minimum atomic E-state index is -1.04. The van der Waals surface area contributed by atoms with E-state index in [0.717, 1.165) is 5.82 Å². The second-order valence-electron chi connectivity index (χ2n) is 4.07. The van der Waals surface area contributed by atoms with Gasteiger partial charge in [-0.3, -0.25) is 0 Å². The Morgan fingerprint density at radius 3 is 2.89 bits per heavy atom. The summed E-state index contributed by atoms with van der Waals surface area (Å²) in [6.07, 6.45) is 3.61. The van der Waals surface area contributed by atoms with Gasteiger partial charge >= 0.3 is 5.97 Å². The molecule has 6 nitrogen and oxygen atoms in total. The maximum absolute atomic E-state index is 10.8. The Kier molecular flexibility index (Phi) is 3.70. The van der Waals surface area contributed by atoms with E-state index < -0.39 is 5.97 Å². The predicted molar refractivity (Wildman–Crippen MR) is 70.3 cm³/mol. The summed E-state index contributed by atoms with van der Waals surface area (Å²) in [6, 6.07) is 4.56. The van der Waals surface area contributed by atoms with Crippen LogP contribution in [0.25, 0.3) is 0 Å². The average Bonchev–Trinajstić information content (AvgIpc) is 2.75. The summed E-state index contributed by atoms with van der Waals surface area (Å²) in [5, 5.41) is 8.86. The quantitative estimate of drug-likeness (QED) is 0.797. The minimum Gasteiger partial charge on any atom is -0.492 e. The molecule has 1 aromatic carbocycles. The van der Waals surface area contributed by atoms with Crippen LogP contribution in [0.4, 0.5) is 5.69 Å². The molecular formula is C13H15N3O3. The van der Waals surface area contributed by atoms with E-state index in [4.69, 9.17) is 15.6 Å². The normalized spacial score (nSPS) is 10.4. The molecule has 0 aliphatic heterocycles. The van der Waals surface area contributed by atoms with Crippen molar-refractivity contribution in [3.05, 3.63) is 42.0 Å². The Balaban J connectivity index is 1.95. The van der Waals surface area contributed by atoms with Crippen LogP contribution in [0.3, 0.4) is 0 Å². The van der Waals surface area contributed by atoms with E-state index >= 15 is 0 Å². The van der Waals surface area contributed by atoms with Crippen LogP contribution in [0.5, 0.6) is 5.75 Å². The molecule has 3 N–H and O–H groups in total. The Morgan fingerprint density at radius 2 is 2.32 bits per heavy atom. The van der Waals surface area contributed by atoms with Gasteiger partial charge < -0.3 is 20.1 Å². The number of aryl methyl sites for hydroxylation is 1. The van der Waals surface area contributed by atoms with Gasteiger partial charge in [0.25, 0.3) is 0 Å². The van der Waals surface area contributed by atoms with Crippen molar-refractivity contribution < 1.29 is 14.6 Å². The number of hydrogen-bond acceptors (Lipinski definition) is 4. The lowest BCUT2D eigenvalue weighted by Gasteiger charge is -2.09. The minimum absolute atomic E-state index is 0.0813. The van der Waals surface area contributed by atoms with Crippen LogP contribution >= 0.6 is 0 Å². The van der Waals surface area contributed by atoms with Gasteiger partial charge in [-0.2, -0.15) is 0 Å². The molecule has 2 aromatic rings. The second kappa shape index (κ2) is 5.43. The number of imidazole rings is 1. The number of aromatic nitrogens is 2. The third-order valence-corrected chi connectivity index (χ3v) is 2.78. The summed E-state index contributed by atoms with van der Waals surface area (Å²) in [5.74, 6) is 0.433. The Labute approximate surface area is 110 Å². The molecule has 0 radical (unpaired) electrons. The fraction of sp³-hybridized carbons (Fsp3) is 0.231. The number of nitrogens with two attached hydrogens (primary N) is 1. The van der Waals surface area contributed by atoms with Crippen molar-refractivity contribution in [2.75, 3.05) is 12.3 Å². The number of nitrogen functional groups attached to an aromatic ring is 1. The lowest BCUT2D eigenvalue weighted by Crippen LogP contribution is -2.09. The van der Waals surface area contributed by atoms with Crippen LogP contribution in [-0.2, 0) is 6.54 Å². The van der Waals surface area contributed by atoms with E-state index in [1.165, 1.54) is 12.1 Å². The molecule has 0 aliphatic rings. The first-order valence-electron chi connectivity index (χ1n) is 5.81. The smallest absolute Gasteiger partial charge is 0.337 e. The third kappa shape index (κ3) is 3.04. The molecule has 1 aromatic heterocycles. The molecule has 6 heteroatoms. The van der Waals surface area contributed by atoms with Gasteiger partial charge in [-0.15, -0.1) is 0 Å². The molecule has 0 unspecified atom stereocenters. The van der Waals surface area contributed by atoms with Crippen molar-refractivity contribution in [1.82, 2.24) is 9.55 Å². The zero-order valence-corrected chi connectivity index (χ0v) is 10.5. The lowest BCUT2D eigenvalue weighted by atomic mass is 10.2. The van der Waals surface area contributed by atoms with E-state index in [0.29, 0.717) is 18.9 Å². The molecule has 0 aliphatic carbocycles. The number of carboxylic acid groups (broad SMARTS) is 1. The summed E-state index contributed by atoms with van der Waals surface area (Å²) in [6.45, 7) is 3.05. The highest BCUT2D eigenvalue weighted by Gasteiger charge is 2.08. The van der Waals surface area contributed by atoms with Gasteiger partial charge in [-0.1, -0.05) is 0 Å². The molecule has 0 bridgehead atoms. The molecule has 2 rings (SSSR count). The Bertz CT molecular complexity index is 593. The van der Waals surface area contributed by atoms with Crippen LogP contribution in [-0.4, -0.2) is 27.2 Å². The summed E-state index contributed by atoms with van der Waals surface area (Å²) in [5.41, 5.74) is 5.92. The van der Waals surface area contributed by atoms with E-state index in [1.807, 2.05) is 17.7 Å². The third-order valence-electron chi connectivity index (χ3n) is 2.78. The van der Waals surface area contributed by atoms with E-state index in [1.54, 1.807) is 12.3 Å². The fourth-order valence-corrected chi connectivity index (χ4v) is 1.73. The summed E-state index contributed by atoms with van der Waals surface area (Å²) in [4.78, 5) is 14.9. The number of rotatable bonds is 5. The van der Waals surface area contributed by atoms with Crippen molar-refractivity contribution in [2.24, 2.45) is 0 Å². The van der Waals surface area contributed by atoms with Gasteiger partial charge in [0, 0.05) is 24.1 Å². The fourth-order valence-electron chi connectivity index (χ4n) is 1.73. The van der Waals surface area contributed by atoms with Gasteiger partial charge in [-0.05, 0) is 19.1 Å². The van der Waals surface area contributed by atoms with Crippen LogP contribution in [0.15, 0.2) is 30.6 Å². The van der Waals surface area contributed by atoms with Gasteiger partial charge in [0.15, 0.2) is 0 Å². The molecule has 0 fully saturated rings. The molecular weight excluding hydrogens is 246 g/mol. The first-order valence-corrected chi connectivity index (χ1v) is 5.81. The highest BCUT2D eigenvalue weighted by Crippen LogP contribution is 2.19. The van der Waals surface area contributed by atoms with Crippen molar-refractivity contribution in [2.45, 2.75) is 13.5 Å². The maximum atomic E-state index is 10.8. The molecule has 0 saturated heterocycles. The molecule has 19 heavy (non-hydrogen) atoms. The first-order chi connectivity index (χ1) is 9.08. The standard InChI is InChI=1S/C13H15N3O3/c1-9-15-4-5-16(9)6-7-19-10-2-3-11(13(17)18)12(14)8-10/h2-5,8H,6-7,14H2,1H3,(H,17,18). The molecule has 1 heterocycles. The molecule has 100 valence electrons. The number of benzene rings is 1. The summed E-state index contributed by atoms with van der Waals surface area (Å²) < 4.78 is 7.50. The van der Waals surface area contributed by atoms with Crippen LogP contribution in [0.2, 0.25) is 0 Å². The summed E-state index contributed by atoms with van der Waals surface area (Å²) >= 11 is 0. The van der Waals surface area contributed by atoms with Crippen LogP contribution < -0.4 is 10.5 Å². The number of hydrogen-bond donors (Lipinski definition) is 2. The van der Waals surface area contributed by atoms with Crippen molar-refractivity contribution in [1.29, 1.82) is 0 Å². The highest BCUT2D eigenvalue weighted by atomic mass is 16.5. The van der Waals surface area contributed by atoms with Gasteiger partial charge in [-0.25, -0.2) is 9.78 Å². The number of anilines is 1. The number of ether oxygens (including phenoxy) is 1. The zero-order chi connectivity index (χ0) is 13.8. The zero-order valence-electron chi connectivity index (χ0n) is 10.5. The van der Waals surface area contributed by atoms with Gasteiger partial charge in [0.2, 0.25) is 0 Å².